The van der Waals surface area contributed by atoms with E-state index in [0.29, 0.717) is 0 Å². The topological polar surface area (TPSA) is 9.23 Å². The summed E-state index contributed by atoms with van der Waals surface area (Å²) in [6.45, 7) is 2.17. The molecule has 0 spiro atoms. The van der Waals surface area contributed by atoms with E-state index in [4.69, 9.17) is 4.74 Å². The number of hydrogen-bond donors (Lipinski definition) is 0. The fraction of sp³-hybridized carbons (Fsp3) is 0.200. The molecule has 2 aromatic rings. The summed E-state index contributed by atoms with van der Waals surface area (Å²) in [6.07, 6.45) is 1.01. The van der Waals surface area contributed by atoms with Crippen molar-refractivity contribution in [2.24, 2.45) is 0 Å². The van der Waals surface area contributed by atoms with E-state index in [0.717, 1.165) is 16.6 Å². The largest absolute Gasteiger partial charge is 0.497 e. The van der Waals surface area contributed by atoms with E-state index in [1.165, 1.54) is 15.4 Å². The summed E-state index contributed by atoms with van der Waals surface area (Å²) in [7, 11) is 1.70. The minimum atomic E-state index is 0.923. The molecule has 0 radical (unpaired) electrons. The zero-order valence-corrected chi connectivity index (χ0v) is 12.8. The van der Waals surface area contributed by atoms with E-state index >= 15 is 0 Å². The summed E-state index contributed by atoms with van der Waals surface area (Å²) in [5, 5.41) is 0. The van der Waals surface area contributed by atoms with Gasteiger partial charge in [-0.2, -0.15) is 0 Å². The van der Waals surface area contributed by atoms with Crippen LogP contribution in [0.3, 0.4) is 0 Å². The second-order valence-electron chi connectivity index (χ2n) is 3.88. The van der Waals surface area contributed by atoms with E-state index in [-0.39, 0.29) is 0 Å². The Morgan fingerprint density at radius 2 is 1.83 bits per heavy atom. The molecule has 0 unspecified atom stereocenters. The first-order valence-electron chi connectivity index (χ1n) is 5.83. The molecule has 1 nitrogen and oxygen atoms in total. The Morgan fingerprint density at radius 3 is 2.44 bits per heavy atom. The SMILES string of the molecule is CCc1cc(OC)ccc1Sc1ccc(Br)cc1. The van der Waals surface area contributed by atoms with Crippen molar-refractivity contribution in [1.29, 1.82) is 0 Å². The van der Waals surface area contributed by atoms with Gasteiger partial charge in [-0.1, -0.05) is 34.6 Å². The zero-order chi connectivity index (χ0) is 13.0. The molecular weight excluding hydrogens is 308 g/mol. The van der Waals surface area contributed by atoms with Crippen LogP contribution in [0, 0.1) is 0 Å². The maximum absolute atomic E-state index is 5.26. The maximum Gasteiger partial charge on any atom is 0.119 e. The Morgan fingerprint density at radius 1 is 1.11 bits per heavy atom. The zero-order valence-electron chi connectivity index (χ0n) is 10.4. The summed E-state index contributed by atoms with van der Waals surface area (Å²) in [5.74, 6) is 0.923. The number of aryl methyl sites for hydroxylation is 1. The van der Waals surface area contributed by atoms with Crippen LogP contribution in [0.2, 0.25) is 0 Å². The summed E-state index contributed by atoms with van der Waals surface area (Å²) in [5.41, 5.74) is 1.32. The van der Waals surface area contributed by atoms with E-state index in [1.807, 2.05) is 6.07 Å². The predicted octanol–water partition coefficient (Wildman–Crippen LogP) is 5.17. The molecule has 18 heavy (non-hydrogen) atoms. The number of methoxy groups -OCH3 is 1. The minimum absolute atomic E-state index is 0.923. The normalized spacial score (nSPS) is 10.4. The molecular formula is C15H15BrOS. The van der Waals surface area contributed by atoms with Crippen LogP contribution in [-0.2, 0) is 6.42 Å². The molecule has 3 heteroatoms. The lowest BCUT2D eigenvalue weighted by Gasteiger charge is -2.09. The summed E-state index contributed by atoms with van der Waals surface area (Å²) < 4.78 is 6.37. The van der Waals surface area contributed by atoms with Gasteiger partial charge < -0.3 is 4.74 Å². The first kappa shape index (κ1) is 13.5. The van der Waals surface area contributed by atoms with Gasteiger partial charge in [0.2, 0.25) is 0 Å². The average Bonchev–Trinajstić information content (AvgIpc) is 2.41. The molecule has 0 aliphatic rings. The van der Waals surface area contributed by atoms with Gasteiger partial charge in [-0.05, 0) is 54.4 Å². The van der Waals surface area contributed by atoms with Crippen LogP contribution in [0.25, 0.3) is 0 Å². The lowest BCUT2D eigenvalue weighted by molar-refractivity contribution is 0.414. The number of halogens is 1. The fourth-order valence-corrected chi connectivity index (χ4v) is 2.95. The van der Waals surface area contributed by atoms with Crippen LogP contribution in [0.1, 0.15) is 12.5 Å². The van der Waals surface area contributed by atoms with E-state index in [9.17, 15) is 0 Å². The Kier molecular flexibility index (Phi) is 4.72. The Balaban J connectivity index is 2.25. The number of benzene rings is 2. The predicted molar refractivity (Wildman–Crippen MR) is 80.6 cm³/mol. The van der Waals surface area contributed by atoms with Gasteiger partial charge in [-0.25, -0.2) is 0 Å². The molecule has 0 N–H and O–H groups in total. The molecule has 0 aliphatic carbocycles. The lowest BCUT2D eigenvalue weighted by atomic mass is 10.1. The average molecular weight is 323 g/mol. The smallest absolute Gasteiger partial charge is 0.119 e. The number of hydrogen-bond acceptors (Lipinski definition) is 2. The van der Waals surface area contributed by atoms with Gasteiger partial charge in [-0.15, -0.1) is 0 Å². The first-order valence-corrected chi connectivity index (χ1v) is 7.44. The third-order valence-electron chi connectivity index (χ3n) is 2.69. The Hall–Kier alpha value is -0.930. The van der Waals surface area contributed by atoms with Crippen molar-refractivity contribution >= 4 is 27.7 Å². The molecule has 0 atom stereocenters. The monoisotopic (exact) mass is 322 g/mol. The molecule has 2 aromatic carbocycles. The van der Waals surface area contributed by atoms with Crippen molar-refractivity contribution < 1.29 is 4.74 Å². The van der Waals surface area contributed by atoms with Crippen molar-refractivity contribution in [1.82, 2.24) is 0 Å². The molecule has 0 bridgehead atoms. The summed E-state index contributed by atoms with van der Waals surface area (Å²) in [6, 6.07) is 14.6. The van der Waals surface area contributed by atoms with E-state index in [1.54, 1.807) is 18.9 Å². The van der Waals surface area contributed by atoms with Gasteiger partial charge in [0.25, 0.3) is 0 Å². The molecule has 0 fully saturated rings. The lowest BCUT2D eigenvalue weighted by Crippen LogP contribution is -1.89. The number of rotatable bonds is 4. The molecule has 0 heterocycles. The third kappa shape index (κ3) is 3.30. The van der Waals surface area contributed by atoms with Crippen molar-refractivity contribution in [3.63, 3.8) is 0 Å². The fourth-order valence-electron chi connectivity index (χ4n) is 1.69. The molecule has 94 valence electrons. The van der Waals surface area contributed by atoms with Crippen LogP contribution < -0.4 is 4.74 Å². The Bertz CT molecular complexity index is 523. The maximum atomic E-state index is 5.26. The Labute approximate surface area is 121 Å². The molecule has 0 aromatic heterocycles. The molecule has 0 amide bonds. The quantitative estimate of drug-likeness (QED) is 0.767. The summed E-state index contributed by atoms with van der Waals surface area (Å²) in [4.78, 5) is 2.54. The molecule has 2 rings (SSSR count). The van der Waals surface area contributed by atoms with Crippen LogP contribution >= 0.6 is 27.7 Å². The van der Waals surface area contributed by atoms with Crippen LogP contribution in [0.4, 0.5) is 0 Å². The first-order chi connectivity index (χ1) is 8.72. The van der Waals surface area contributed by atoms with E-state index < -0.39 is 0 Å². The highest BCUT2D eigenvalue weighted by Gasteiger charge is 2.05. The van der Waals surface area contributed by atoms with Gasteiger partial charge in [0.1, 0.15) is 5.75 Å². The highest BCUT2D eigenvalue weighted by molar-refractivity contribution is 9.10. The van der Waals surface area contributed by atoms with Crippen LogP contribution in [0.5, 0.6) is 5.75 Å². The van der Waals surface area contributed by atoms with Gasteiger partial charge in [-0.3, -0.25) is 0 Å². The standard InChI is InChI=1S/C15H15BrOS/c1-3-11-10-13(17-2)6-9-15(11)18-14-7-4-12(16)5-8-14/h4-10H,3H2,1-2H3. The molecule has 0 saturated carbocycles. The second kappa shape index (κ2) is 6.30. The van der Waals surface area contributed by atoms with Gasteiger partial charge in [0.05, 0.1) is 7.11 Å². The van der Waals surface area contributed by atoms with Gasteiger partial charge >= 0.3 is 0 Å². The van der Waals surface area contributed by atoms with Crippen LogP contribution in [-0.4, -0.2) is 7.11 Å². The van der Waals surface area contributed by atoms with Crippen molar-refractivity contribution in [3.8, 4) is 5.75 Å². The van der Waals surface area contributed by atoms with Gasteiger partial charge in [0.15, 0.2) is 0 Å². The van der Waals surface area contributed by atoms with Crippen LogP contribution in [0.15, 0.2) is 56.7 Å². The highest BCUT2D eigenvalue weighted by Crippen LogP contribution is 2.33. The van der Waals surface area contributed by atoms with Gasteiger partial charge in [0, 0.05) is 14.3 Å². The number of ether oxygens (including phenoxy) is 1. The van der Waals surface area contributed by atoms with E-state index in [2.05, 4.69) is 59.3 Å². The molecule has 0 saturated heterocycles. The second-order valence-corrected chi connectivity index (χ2v) is 5.91. The van der Waals surface area contributed by atoms with Crippen molar-refractivity contribution in [3.05, 3.63) is 52.5 Å². The molecule has 0 aliphatic heterocycles. The highest BCUT2D eigenvalue weighted by atomic mass is 79.9. The van der Waals surface area contributed by atoms with Crippen molar-refractivity contribution in [2.75, 3.05) is 7.11 Å². The minimum Gasteiger partial charge on any atom is -0.497 e. The third-order valence-corrected chi connectivity index (χ3v) is 4.34. The summed E-state index contributed by atoms with van der Waals surface area (Å²) >= 11 is 5.24. The van der Waals surface area contributed by atoms with Crippen molar-refractivity contribution in [2.45, 2.75) is 23.1 Å².